The van der Waals surface area contributed by atoms with Gasteiger partial charge in [0.05, 0.1) is 6.04 Å². The second-order valence-corrected chi connectivity index (χ2v) is 5.24. The van der Waals surface area contributed by atoms with E-state index in [9.17, 15) is 4.79 Å². The van der Waals surface area contributed by atoms with Crippen LogP contribution in [0.4, 0.5) is 0 Å². The first-order valence-electron chi connectivity index (χ1n) is 7.00. The molecule has 98 valence electrons. The van der Waals surface area contributed by atoms with Crippen molar-refractivity contribution in [1.29, 1.82) is 0 Å². The number of carbonyl (C=O) groups excluding carboxylic acids is 1. The van der Waals surface area contributed by atoms with Gasteiger partial charge in [-0.2, -0.15) is 0 Å². The van der Waals surface area contributed by atoms with E-state index in [1.165, 1.54) is 38.6 Å². The Morgan fingerprint density at radius 1 is 1.41 bits per heavy atom. The zero-order valence-corrected chi connectivity index (χ0v) is 10.9. The largest absolute Gasteiger partial charge is 0.358 e. The summed E-state index contributed by atoms with van der Waals surface area (Å²) in [4.78, 5) is 14.0. The van der Waals surface area contributed by atoms with E-state index in [-0.39, 0.29) is 11.9 Å². The minimum Gasteiger partial charge on any atom is -0.358 e. The molecule has 2 aliphatic heterocycles. The molecular formula is C13H25N3O. The molecule has 2 heterocycles. The minimum absolute atomic E-state index is 0.136. The fraction of sp³-hybridized carbons (Fsp3) is 0.923. The highest BCUT2D eigenvalue weighted by Crippen LogP contribution is 2.19. The molecule has 0 bridgehead atoms. The molecule has 4 nitrogen and oxygen atoms in total. The summed E-state index contributed by atoms with van der Waals surface area (Å²) in [7, 11) is 1.74. The van der Waals surface area contributed by atoms with Gasteiger partial charge in [-0.25, -0.2) is 0 Å². The van der Waals surface area contributed by atoms with Crippen LogP contribution in [0.2, 0.25) is 0 Å². The van der Waals surface area contributed by atoms with Gasteiger partial charge in [-0.05, 0) is 58.2 Å². The van der Waals surface area contributed by atoms with Crippen LogP contribution < -0.4 is 10.6 Å². The molecule has 2 rings (SSSR count). The second-order valence-electron chi connectivity index (χ2n) is 5.24. The molecule has 0 spiro atoms. The van der Waals surface area contributed by atoms with Crippen molar-refractivity contribution in [1.82, 2.24) is 15.5 Å². The van der Waals surface area contributed by atoms with Crippen molar-refractivity contribution in [3.8, 4) is 0 Å². The smallest absolute Gasteiger partial charge is 0.237 e. The summed E-state index contributed by atoms with van der Waals surface area (Å²) in [6.45, 7) is 3.36. The fourth-order valence-electron chi connectivity index (χ4n) is 3.10. The SMILES string of the molecule is CNC(=O)C1CCCN1CCCC1CCCN1. The van der Waals surface area contributed by atoms with Gasteiger partial charge in [0.2, 0.25) is 5.91 Å². The van der Waals surface area contributed by atoms with Crippen molar-refractivity contribution < 1.29 is 4.79 Å². The van der Waals surface area contributed by atoms with Crippen LogP contribution in [-0.4, -0.2) is 49.6 Å². The van der Waals surface area contributed by atoms with E-state index in [0.29, 0.717) is 0 Å². The van der Waals surface area contributed by atoms with Crippen molar-refractivity contribution in [3.63, 3.8) is 0 Å². The molecule has 0 radical (unpaired) electrons. The van der Waals surface area contributed by atoms with Gasteiger partial charge in [0.1, 0.15) is 0 Å². The molecule has 0 aromatic heterocycles. The predicted octanol–water partition coefficient (Wildman–Crippen LogP) is 0.729. The third-order valence-corrected chi connectivity index (χ3v) is 4.07. The van der Waals surface area contributed by atoms with Gasteiger partial charge < -0.3 is 10.6 Å². The lowest BCUT2D eigenvalue weighted by Gasteiger charge is -2.23. The first-order valence-corrected chi connectivity index (χ1v) is 7.00. The standard InChI is InChI=1S/C13H25N3O/c1-14-13(17)12-7-4-10-16(12)9-3-6-11-5-2-8-15-11/h11-12,15H,2-10H2,1H3,(H,14,17). The highest BCUT2D eigenvalue weighted by molar-refractivity contribution is 5.81. The number of carbonyl (C=O) groups is 1. The van der Waals surface area contributed by atoms with Gasteiger partial charge in [-0.1, -0.05) is 0 Å². The Hall–Kier alpha value is -0.610. The lowest BCUT2D eigenvalue weighted by atomic mass is 10.1. The molecule has 2 fully saturated rings. The van der Waals surface area contributed by atoms with Crippen LogP contribution in [0.25, 0.3) is 0 Å². The zero-order chi connectivity index (χ0) is 12.1. The Bertz CT molecular complexity index is 251. The lowest BCUT2D eigenvalue weighted by Crippen LogP contribution is -2.42. The zero-order valence-electron chi connectivity index (χ0n) is 10.9. The molecule has 4 heteroatoms. The van der Waals surface area contributed by atoms with Crippen molar-refractivity contribution >= 4 is 5.91 Å². The molecule has 1 amide bonds. The molecule has 2 atom stereocenters. The number of hydrogen-bond acceptors (Lipinski definition) is 3. The Balaban J connectivity index is 1.68. The summed E-state index contributed by atoms with van der Waals surface area (Å²) in [5.41, 5.74) is 0. The normalized spacial score (nSPS) is 29.7. The van der Waals surface area contributed by atoms with Crippen LogP contribution in [0.1, 0.15) is 38.5 Å². The summed E-state index contributed by atoms with van der Waals surface area (Å²) in [5, 5.41) is 6.30. The molecule has 17 heavy (non-hydrogen) atoms. The number of nitrogens with one attached hydrogen (secondary N) is 2. The van der Waals surface area contributed by atoms with Crippen LogP contribution in [-0.2, 0) is 4.79 Å². The molecule has 0 aromatic carbocycles. The van der Waals surface area contributed by atoms with E-state index in [2.05, 4.69) is 15.5 Å². The van der Waals surface area contributed by atoms with E-state index in [1.54, 1.807) is 7.05 Å². The summed E-state index contributed by atoms with van der Waals surface area (Å²) in [6, 6.07) is 0.868. The number of hydrogen-bond donors (Lipinski definition) is 2. The van der Waals surface area contributed by atoms with Gasteiger partial charge >= 0.3 is 0 Å². The first-order chi connectivity index (χ1) is 8.31. The summed E-state index contributed by atoms with van der Waals surface area (Å²) in [5.74, 6) is 0.196. The van der Waals surface area contributed by atoms with Gasteiger partial charge in [-0.3, -0.25) is 9.69 Å². The molecule has 0 aromatic rings. The maximum Gasteiger partial charge on any atom is 0.237 e. The van der Waals surface area contributed by atoms with Gasteiger partial charge in [0, 0.05) is 13.1 Å². The Morgan fingerprint density at radius 2 is 2.29 bits per heavy atom. The molecule has 2 unspecified atom stereocenters. The summed E-state index contributed by atoms with van der Waals surface area (Å²) >= 11 is 0. The number of rotatable bonds is 5. The highest BCUT2D eigenvalue weighted by atomic mass is 16.2. The maximum atomic E-state index is 11.7. The third-order valence-electron chi connectivity index (χ3n) is 4.07. The molecule has 2 saturated heterocycles. The minimum atomic E-state index is 0.136. The molecule has 0 aliphatic carbocycles. The fourth-order valence-corrected chi connectivity index (χ4v) is 3.10. The Kier molecular flexibility index (Phi) is 4.80. The van der Waals surface area contributed by atoms with Crippen molar-refractivity contribution in [3.05, 3.63) is 0 Å². The van der Waals surface area contributed by atoms with E-state index in [4.69, 9.17) is 0 Å². The molecule has 0 saturated carbocycles. The quantitative estimate of drug-likeness (QED) is 0.743. The number of amides is 1. The maximum absolute atomic E-state index is 11.7. The predicted molar refractivity (Wildman–Crippen MR) is 68.9 cm³/mol. The van der Waals surface area contributed by atoms with Crippen LogP contribution in [0.15, 0.2) is 0 Å². The summed E-state index contributed by atoms with van der Waals surface area (Å²) < 4.78 is 0. The monoisotopic (exact) mass is 239 g/mol. The lowest BCUT2D eigenvalue weighted by molar-refractivity contribution is -0.124. The summed E-state index contributed by atoms with van der Waals surface area (Å²) in [6.07, 6.45) is 7.33. The highest BCUT2D eigenvalue weighted by Gasteiger charge is 2.29. The first kappa shape index (κ1) is 12.8. The van der Waals surface area contributed by atoms with Crippen LogP contribution in [0.5, 0.6) is 0 Å². The number of nitrogens with zero attached hydrogens (tertiary/aromatic N) is 1. The van der Waals surface area contributed by atoms with Crippen LogP contribution in [0, 0.1) is 0 Å². The van der Waals surface area contributed by atoms with Crippen LogP contribution in [0.3, 0.4) is 0 Å². The van der Waals surface area contributed by atoms with Crippen molar-refractivity contribution in [2.45, 2.75) is 50.6 Å². The van der Waals surface area contributed by atoms with E-state index >= 15 is 0 Å². The molecule has 2 N–H and O–H groups in total. The number of likely N-dealkylation sites (N-methyl/N-ethyl adjacent to an activating group) is 1. The Morgan fingerprint density at radius 3 is 3.00 bits per heavy atom. The average molecular weight is 239 g/mol. The topological polar surface area (TPSA) is 44.4 Å². The van der Waals surface area contributed by atoms with Gasteiger partial charge in [-0.15, -0.1) is 0 Å². The molecular weight excluding hydrogens is 214 g/mol. The van der Waals surface area contributed by atoms with E-state index in [1.807, 2.05) is 0 Å². The van der Waals surface area contributed by atoms with Crippen LogP contribution >= 0.6 is 0 Å². The average Bonchev–Trinajstić information content (AvgIpc) is 2.99. The van der Waals surface area contributed by atoms with Crippen molar-refractivity contribution in [2.75, 3.05) is 26.7 Å². The van der Waals surface area contributed by atoms with Gasteiger partial charge in [0.25, 0.3) is 0 Å². The van der Waals surface area contributed by atoms with E-state index < -0.39 is 0 Å². The second kappa shape index (κ2) is 6.36. The third kappa shape index (κ3) is 3.42. The van der Waals surface area contributed by atoms with Gasteiger partial charge in [0.15, 0.2) is 0 Å². The van der Waals surface area contributed by atoms with Crippen molar-refractivity contribution in [2.24, 2.45) is 0 Å². The van der Waals surface area contributed by atoms with E-state index in [0.717, 1.165) is 25.6 Å². The number of likely N-dealkylation sites (tertiary alicyclic amines) is 1. The Labute approximate surface area is 104 Å². The molecule has 2 aliphatic rings.